The topological polar surface area (TPSA) is 98.1 Å². The molecule has 0 bridgehead atoms. The van der Waals surface area contributed by atoms with Gasteiger partial charge in [0.25, 0.3) is 5.91 Å². The fourth-order valence-corrected chi connectivity index (χ4v) is 3.08. The molecule has 0 atom stereocenters. The number of nitrogens with zero attached hydrogens (tertiary/aromatic N) is 3. The van der Waals surface area contributed by atoms with Crippen LogP contribution < -0.4 is 10.6 Å². The smallest absolute Gasteiger partial charge is 0.305 e. The number of rotatable bonds is 9. The van der Waals surface area contributed by atoms with Crippen molar-refractivity contribution in [3.8, 4) is 0 Å². The second-order valence-corrected chi connectivity index (χ2v) is 6.45. The van der Waals surface area contributed by atoms with Gasteiger partial charge in [-0.1, -0.05) is 18.1 Å². The number of carbonyl (C=O) groups excluding carboxylic acids is 2. The molecule has 2 heterocycles. The van der Waals surface area contributed by atoms with Gasteiger partial charge in [0, 0.05) is 13.0 Å². The Kier molecular flexibility index (Phi) is 7.84. The monoisotopic (exact) mass is 351 g/mol. The van der Waals surface area contributed by atoms with Crippen molar-refractivity contribution in [2.24, 2.45) is 0 Å². The maximum Gasteiger partial charge on any atom is 0.305 e. The van der Waals surface area contributed by atoms with Crippen molar-refractivity contribution in [1.29, 1.82) is 0 Å². The Morgan fingerprint density at radius 1 is 1.24 bits per heavy atom. The SMILES string of the molecule is COC(=O)CCCCCCNC(=O)c1nnn(C2CCNCC2)c1C. The van der Waals surface area contributed by atoms with Crippen molar-refractivity contribution in [3.63, 3.8) is 0 Å². The minimum atomic E-state index is -0.166. The zero-order chi connectivity index (χ0) is 18.1. The molecule has 8 nitrogen and oxygen atoms in total. The van der Waals surface area contributed by atoms with Crippen LogP contribution in [0.3, 0.4) is 0 Å². The maximum atomic E-state index is 12.3. The zero-order valence-electron chi connectivity index (χ0n) is 15.2. The van der Waals surface area contributed by atoms with Crippen LogP contribution in [-0.4, -0.2) is 53.6 Å². The molecule has 0 aromatic carbocycles. The first-order chi connectivity index (χ1) is 12.1. The molecule has 1 aliphatic heterocycles. The van der Waals surface area contributed by atoms with Crippen LogP contribution in [0.25, 0.3) is 0 Å². The van der Waals surface area contributed by atoms with Gasteiger partial charge in [-0.05, 0) is 45.7 Å². The van der Waals surface area contributed by atoms with E-state index in [0.717, 1.165) is 57.3 Å². The third-order valence-electron chi connectivity index (χ3n) is 4.62. The molecule has 25 heavy (non-hydrogen) atoms. The number of esters is 1. The Bertz CT molecular complexity index is 567. The van der Waals surface area contributed by atoms with E-state index in [0.29, 0.717) is 24.7 Å². The van der Waals surface area contributed by atoms with Crippen LogP contribution in [0.4, 0.5) is 0 Å². The summed E-state index contributed by atoms with van der Waals surface area (Å²) in [7, 11) is 1.40. The van der Waals surface area contributed by atoms with E-state index in [9.17, 15) is 9.59 Å². The van der Waals surface area contributed by atoms with Gasteiger partial charge in [0.15, 0.2) is 5.69 Å². The molecule has 2 rings (SSSR count). The summed E-state index contributed by atoms with van der Waals surface area (Å²) < 4.78 is 6.49. The number of aromatic nitrogens is 3. The largest absolute Gasteiger partial charge is 0.469 e. The second-order valence-electron chi connectivity index (χ2n) is 6.45. The number of methoxy groups -OCH3 is 1. The Morgan fingerprint density at radius 2 is 1.96 bits per heavy atom. The lowest BCUT2D eigenvalue weighted by Crippen LogP contribution is -2.30. The Balaban J connectivity index is 1.69. The summed E-state index contributed by atoms with van der Waals surface area (Å²) in [5, 5.41) is 14.5. The molecule has 1 aromatic rings. The molecule has 140 valence electrons. The second kappa shape index (κ2) is 10.1. The summed E-state index contributed by atoms with van der Waals surface area (Å²) in [6.07, 6.45) is 6.11. The summed E-state index contributed by atoms with van der Waals surface area (Å²) in [6, 6.07) is 0.324. The lowest BCUT2D eigenvalue weighted by Gasteiger charge is -2.23. The normalized spacial score (nSPS) is 15.1. The van der Waals surface area contributed by atoms with Crippen LogP contribution in [0.2, 0.25) is 0 Å². The molecule has 1 amide bonds. The van der Waals surface area contributed by atoms with E-state index in [-0.39, 0.29) is 11.9 Å². The van der Waals surface area contributed by atoms with E-state index in [1.807, 2.05) is 11.6 Å². The van der Waals surface area contributed by atoms with Gasteiger partial charge in [-0.2, -0.15) is 0 Å². The van der Waals surface area contributed by atoms with E-state index in [1.54, 1.807) is 0 Å². The number of hydrogen-bond acceptors (Lipinski definition) is 6. The average molecular weight is 351 g/mol. The molecule has 8 heteroatoms. The number of ether oxygens (including phenoxy) is 1. The van der Waals surface area contributed by atoms with Gasteiger partial charge in [0.2, 0.25) is 0 Å². The molecule has 1 saturated heterocycles. The van der Waals surface area contributed by atoms with Gasteiger partial charge in [0.05, 0.1) is 18.8 Å². The molecular formula is C17H29N5O3. The van der Waals surface area contributed by atoms with Crippen LogP contribution in [0.5, 0.6) is 0 Å². The molecule has 0 unspecified atom stereocenters. The predicted molar refractivity (Wildman–Crippen MR) is 93.3 cm³/mol. The first kappa shape index (κ1) is 19.4. The highest BCUT2D eigenvalue weighted by Crippen LogP contribution is 2.20. The summed E-state index contributed by atoms with van der Waals surface area (Å²) in [5.74, 6) is -0.326. The first-order valence-corrected chi connectivity index (χ1v) is 9.11. The van der Waals surface area contributed by atoms with Gasteiger partial charge in [0.1, 0.15) is 0 Å². The number of hydrogen-bond donors (Lipinski definition) is 2. The number of unbranched alkanes of at least 4 members (excludes halogenated alkanes) is 3. The van der Waals surface area contributed by atoms with Crippen LogP contribution in [0.15, 0.2) is 0 Å². The van der Waals surface area contributed by atoms with Gasteiger partial charge < -0.3 is 15.4 Å². The minimum Gasteiger partial charge on any atom is -0.469 e. The maximum absolute atomic E-state index is 12.3. The van der Waals surface area contributed by atoms with Crippen molar-refractivity contribution >= 4 is 11.9 Å². The van der Waals surface area contributed by atoms with Crippen molar-refractivity contribution in [2.75, 3.05) is 26.7 Å². The highest BCUT2D eigenvalue weighted by atomic mass is 16.5. The van der Waals surface area contributed by atoms with Gasteiger partial charge in [-0.15, -0.1) is 5.10 Å². The summed E-state index contributed by atoms with van der Waals surface area (Å²) in [6.45, 7) is 4.46. The van der Waals surface area contributed by atoms with Crippen molar-refractivity contribution in [2.45, 2.75) is 57.9 Å². The third-order valence-corrected chi connectivity index (χ3v) is 4.62. The lowest BCUT2D eigenvalue weighted by molar-refractivity contribution is -0.140. The molecular weight excluding hydrogens is 322 g/mol. The number of carbonyl (C=O) groups is 2. The van der Waals surface area contributed by atoms with E-state index in [2.05, 4.69) is 25.7 Å². The molecule has 1 fully saturated rings. The van der Waals surface area contributed by atoms with Crippen molar-refractivity contribution < 1.29 is 14.3 Å². The van der Waals surface area contributed by atoms with Crippen LogP contribution in [0, 0.1) is 6.92 Å². The van der Waals surface area contributed by atoms with E-state index < -0.39 is 0 Å². The predicted octanol–water partition coefficient (Wildman–Crippen LogP) is 1.36. The van der Waals surface area contributed by atoms with E-state index in [1.165, 1.54) is 7.11 Å². The molecule has 0 spiro atoms. The fraction of sp³-hybridized carbons (Fsp3) is 0.765. The summed E-state index contributed by atoms with van der Waals surface area (Å²) in [4.78, 5) is 23.3. The quantitative estimate of drug-likeness (QED) is 0.515. The number of piperidine rings is 1. The van der Waals surface area contributed by atoms with E-state index >= 15 is 0 Å². The molecule has 0 radical (unpaired) electrons. The van der Waals surface area contributed by atoms with Crippen molar-refractivity contribution in [1.82, 2.24) is 25.6 Å². The van der Waals surface area contributed by atoms with Gasteiger partial charge >= 0.3 is 5.97 Å². The van der Waals surface area contributed by atoms with Crippen LogP contribution in [0.1, 0.15) is 67.2 Å². The lowest BCUT2D eigenvalue weighted by atomic mass is 10.1. The number of nitrogens with one attached hydrogen (secondary N) is 2. The minimum absolute atomic E-state index is 0.160. The molecule has 0 aliphatic carbocycles. The fourth-order valence-electron chi connectivity index (χ4n) is 3.08. The molecule has 2 N–H and O–H groups in total. The highest BCUT2D eigenvalue weighted by molar-refractivity contribution is 5.93. The summed E-state index contributed by atoms with van der Waals surface area (Å²) in [5.41, 5.74) is 1.26. The number of amides is 1. The van der Waals surface area contributed by atoms with Crippen molar-refractivity contribution in [3.05, 3.63) is 11.4 Å². The first-order valence-electron chi connectivity index (χ1n) is 9.11. The Morgan fingerprint density at radius 3 is 2.68 bits per heavy atom. The van der Waals surface area contributed by atoms with E-state index in [4.69, 9.17) is 0 Å². The molecule has 1 aliphatic rings. The average Bonchev–Trinajstić information content (AvgIpc) is 3.02. The zero-order valence-corrected chi connectivity index (χ0v) is 15.2. The van der Waals surface area contributed by atoms with Gasteiger partial charge in [-0.25, -0.2) is 4.68 Å². The van der Waals surface area contributed by atoms with Gasteiger partial charge in [-0.3, -0.25) is 9.59 Å². The highest BCUT2D eigenvalue weighted by Gasteiger charge is 2.22. The Labute approximate surface area is 148 Å². The van der Waals surface area contributed by atoms with Crippen LogP contribution >= 0.6 is 0 Å². The molecule has 1 aromatic heterocycles. The third kappa shape index (κ3) is 5.81. The van der Waals surface area contributed by atoms with Crippen LogP contribution in [-0.2, 0) is 9.53 Å². The standard InChI is InChI=1S/C17H29N5O3/c1-13-16(20-21-22(13)14-8-11-18-12-9-14)17(24)19-10-6-4-3-5-7-15(23)25-2/h14,18H,3-12H2,1-2H3,(H,19,24). The summed E-state index contributed by atoms with van der Waals surface area (Å²) >= 11 is 0. The Hall–Kier alpha value is -1.96. The molecule has 0 saturated carbocycles.